The van der Waals surface area contributed by atoms with Crippen LogP contribution in [0.25, 0.3) is 22.3 Å². The minimum atomic E-state index is -3.55. The van der Waals surface area contributed by atoms with E-state index in [1.165, 1.54) is 12.4 Å². The number of aliphatic hydroxyl groups is 1. The summed E-state index contributed by atoms with van der Waals surface area (Å²) in [7, 11) is -3.55. The topological polar surface area (TPSA) is 309 Å². The Balaban J connectivity index is 0.917. The van der Waals surface area contributed by atoms with Gasteiger partial charge in [-0.15, -0.1) is 0 Å². The molecule has 3 aliphatic heterocycles. The van der Waals surface area contributed by atoms with Crippen molar-refractivity contribution in [1.82, 2.24) is 50.6 Å². The van der Waals surface area contributed by atoms with Crippen molar-refractivity contribution in [1.29, 1.82) is 0 Å². The molecule has 0 unspecified atom stereocenters. The number of carbonyl (C=O) groups excluding carboxylic acids is 6. The number of nitrogens with one attached hydrogen (secondary N) is 4. The number of sulfone groups is 1. The number of rotatable bonds is 27. The minimum absolute atomic E-state index is 0.00641. The van der Waals surface area contributed by atoms with Crippen molar-refractivity contribution < 1.29 is 61.2 Å². The van der Waals surface area contributed by atoms with E-state index in [0.717, 1.165) is 48.8 Å². The summed E-state index contributed by atoms with van der Waals surface area (Å²) in [5, 5.41) is 22.6. The highest BCUT2D eigenvalue weighted by atomic mass is 32.2. The van der Waals surface area contributed by atoms with Crippen molar-refractivity contribution in [2.45, 2.75) is 129 Å². The number of unbranched alkanes of at least 4 members (excludes halogenated alkanes) is 2. The number of benzene rings is 1. The number of pyridine rings is 2. The molecular weight excluding hydrogens is 1070 g/mol. The van der Waals surface area contributed by atoms with Crippen molar-refractivity contribution in [3.8, 4) is 34.7 Å². The van der Waals surface area contributed by atoms with E-state index in [4.69, 9.17) is 23.9 Å². The predicted molar refractivity (Wildman–Crippen MR) is 295 cm³/mol. The Hall–Kier alpha value is -7.53. The van der Waals surface area contributed by atoms with Gasteiger partial charge in [-0.25, -0.2) is 28.2 Å². The first-order chi connectivity index (χ1) is 38.7. The zero-order valence-corrected chi connectivity index (χ0v) is 47.7. The molecule has 5 amide bonds. The highest BCUT2D eigenvalue weighted by Gasteiger charge is 2.45. The quantitative estimate of drug-likeness (QED) is 0.0165. The van der Waals surface area contributed by atoms with Crippen molar-refractivity contribution in [3.05, 3.63) is 68.8 Å². The van der Waals surface area contributed by atoms with Crippen LogP contribution in [0, 0.1) is 17.8 Å². The summed E-state index contributed by atoms with van der Waals surface area (Å²) < 4.78 is 47.0. The number of hydrogen-bond donors (Lipinski definition) is 5. The fourth-order valence-corrected chi connectivity index (χ4v) is 10.4. The van der Waals surface area contributed by atoms with Crippen LogP contribution in [0.2, 0.25) is 0 Å². The fraction of sp³-hybridized carbons (Fsp3) is 0.536. The number of amides is 5. The molecule has 1 aromatic carbocycles. The molecule has 81 heavy (non-hydrogen) atoms. The Labute approximate surface area is 470 Å². The average Bonchev–Trinajstić information content (AvgIpc) is 4.22. The maximum Gasteiger partial charge on any atom is 0.343 e. The second-order valence-corrected chi connectivity index (χ2v) is 22.2. The van der Waals surface area contributed by atoms with Crippen LogP contribution in [0.15, 0.2) is 40.5 Å². The van der Waals surface area contributed by atoms with Gasteiger partial charge in [-0.3, -0.25) is 28.8 Å². The second kappa shape index (κ2) is 27.3. The highest BCUT2D eigenvalue weighted by Crippen LogP contribution is 2.43. The van der Waals surface area contributed by atoms with Gasteiger partial charge >= 0.3 is 5.97 Å². The van der Waals surface area contributed by atoms with Crippen LogP contribution in [-0.2, 0) is 73.3 Å². The zero-order chi connectivity index (χ0) is 58.6. The Bertz CT molecular complexity index is 3260. The number of cyclic esters (lactones) is 1. The second-order valence-electron chi connectivity index (χ2n) is 20.3. The van der Waals surface area contributed by atoms with Gasteiger partial charge in [0.05, 0.1) is 41.1 Å². The van der Waals surface area contributed by atoms with Gasteiger partial charge in [0.15, 0.2) is 17.1 Å². The van der Waals surface area contributed by atoms with Gasteiger partial charge in [0.1, 0.15) is 32.0 Å². The fourth-order valence-electron chi connectivity index (χ4n) is 9.87. The molecule has 0 fully saturated rings. The number of nitrogens with zero attached hydrogens (tertiary/aromatic N) is 6. The van der Waals surface area contributed by atoms with Gasteiger partial charge in [0.2, 0.25) is 51.3 Å². The van der Waals surface area contributed by atoms with E-state index < -0.39 is 63.3 Å². The summed E-state index contributed by atoms with van der Waals surface area (Å²) in [6.45, 7) is 12.9. The Morgan fingerprint density at radius 2 is 1.62 bits per heavy atom. The lowest BCUT2D eigenvalue weighted by Crippen LogP contribution is -2.56. The number of esters is 1. The molecule has 7 rings (SSSR count). The maximum atomic E-state index is 14.0. The predicted octanol–water partition coefficient (Wildman–Crippen LogP) is 1.96. The highest BCUT2D eigenvalue weighted by molar-refractivity contribution is 7.90. The molecule has 3 atom stereocenters. The molecule has 25 heteroatoms. The summed E-state index contributed by atoms with van der Waals surface area (Å²) in [5.74, 6) is 3.08. The van der Waals surface area contributed by atoms with Gasteiger partial charge in [0.25, 0.3) is 5.56 Å². The van der Waals surface area contributed by atoms with Gasteiger partial charge in [0, 0.05) is 67.2 Å². The van der Waals surface area contributed by atoms with Crippen LogP contribution >= 0.6 is 0 Å². The largest absolute Gasteiger partial charge is 0.458 e. The van der Waals surface area contributed by atoms with Crippen LogP contribution in [0.5, 0.6) is 11.5 Å². The molecule has 0 spiro atoms. The summed E-state index contributed by atoms with van der Waals surface area (Å²) >= 11 is 0. The Morgan fingerprint density at radius 1 is 0.889 bits per heavy atom. The van der Waals surface area contributed by atoms with Crippen LogP contribution < -0.4 is 36.3 Å². The SMILES string of the molecule is CCN(CC)CCCC[C@H](NC(=O)[C@@H](NC(=O)CCCC#Cc1cnc(S(C)(=O)=O)nc1)C(C)C)C(=O)NCC(=O)NCOCC(=O)N(CC)CCc1c2c(nc3cc4c(cc13)OCO4)-c1cc3c(c(=O)n1C2)COC(=O)[C@]3(O)CC. The maximum absolute atomic E-state index is 14.0. The smallest absolute Gasteiger partial charge is 0.343 e. The summed E-state index contributed by atoms with van der Waals surface area (Å²) in [6, 6.07) is 3.24. The molecule has 3 aromatic heterocycles. The summed E-state index contributed by atoms with van der Waals surface area (Å²) in [5.41, 5.74) is 1.43. The van der Waals surface area contributed by atoms with Crippen molar-refractivity contribution in [3.63, 3.8) is 0 Å². The zero-order valence-electron chi connectivity index (χ0n) is 46.9. The number of ether oxygens (including phenoxy) is 4. The molecule has 0 aliphatic carbocycles. The van der Waals surface area contributed by atoms with Crippen LogP contribution in [-0.4, -0.2) is 156 Å². The lowest BCUT2D eigenvalue weighted by molar-refractivity contribution is -0.172. The van der Waals surface area contributed by atoms with E-state index in [1.54, 1.807) is 42.4 Å². The number of hydrogen-bond acceptors (Lipinski definition) is 18. The first-order valence-corrected chi connectivity index (χ1v) is 29.2. The first kappa shape index (κ1) is 61.1. The third-order valence-electron chi connectivity index (χ3n) is 14.6. The van der Waals surface area contributed by atoms with Gasteiger partial charge < -0.3 is 59.7 Å². The number of carbonyl (C=O) groups is 6. The van der Waals surface area contributed by atoms with Gasteiger partial charge in [-0.2, -0.15) is 0 Å². The molecule has 5 N–H and O–H groups in total. The lowest BCUT2D eigenvalue weighted by Gasteiger charge is -2.31. The third-order valence-corrected chi connectivity index (χ3v) is 15.5. The number of fused-ring (bicyclic) bond motifs is 6. The molecule has 0 saturated heterocycles. The molecule has 3 aliphatic rings. The monoisotopic (exact) mass is 1140 g/mol. The molecule has 4 aromatic rings. The molecular formula is C56H72N10O14S. The van der Waals surface area contributed by atoms with Crippen molar-refractivity contribution >= 4 is 56.2 Å². The molecule has 24 nitrogen and oxygen atoms in total. The van der Waals surface area contributed by atoms with E-state index in [1.807, 2.05) is 13.0 Å². The average molecular weight is 1140 g/mol. The van der Waals surface area contributed by atoms with E-state index in [2.05, 4.69) is 61.8 Å². The normalized spacial score (nSPS) is 15.7. The summed E-state index contributed by atoms with van der Waals surface area (Å²) in [6.07, 6.45) is 6.30. The minimum Gasteiger partial charge on any atom is -0.458 e. The Kier molecular flexibility index (Phi) is 20.6. The lowest BCUT2D eigenvalue weighted by atomic mass is 9.86. The standard InChI is InChI=1S/C56H72N10O14S/c1-8-56(74)40-24-43-50-38(29-66(43)53(72)39(40)30-78-54(56)73)36(37-23-44-45(80-33-79-44)25-42(37)61-50)20-22-65(11-4)48(69)31-77-32-60-47(68)28-57-51(70)41(18-15-16-21-64(9-2)10-3)62-52(71)49(34(5)6)63-46(67)19-14-12-13-17-35-26-58-55(59-27-35)81(7,75)76/h23-27,34,41,49,74H,8-12,14-16,18-22,28-33H2,1-7H3,(H,57,70)(H,60,68)(H,62,71)(H,63,67)/t41-,49-,56-/m0/s1. The van der Waals surface area contributed by atoms with E-state index in [-0.39, 0.29) is 93.1 Å². The first-order valence-electron chi connectivity index (χ1n) is 27.4. The molecule has 436 valence electrons. The van der Waals surface area contributed by atoms with Crippen LogP contribution in [0.3, 0.4) is 0 Å². The van der Waals surface area contributed by atoms with Gasteiger partial charge in [-0.05, 0) is 88.7 Å². The van der Waals surface area contributed by atoms with E-state index >= 15 is 0 Å². The van der Waals surface area contributed by atoms with E-state index in [0.29, 0.717) is 66.2 Å². The van der Waals surface area contributed by atoms with E-state index in [9.17, 15) is 47.1 Å². The summed E-state index contributed by atoms with van der Waals surface area (Å²) in [4.78, 5) is 110. The molecule has 0 bridgehead atoms. The third kappa shape index (κ3) is 14.7. The van der Waals surface area contributed by atoms with Crippen molar-refractivity contribution in [2.75, 3.05) is 65.7 Å². The Morgan fingerprint density at radius 3 is 2.30 bits per heavy atom. The van der Waals surface area contributed by atoms with Gasteiger partial charge in [-0.1, -0.05) is 46.5 Å². The van der Waals surface area contributed by atoms with Crippen molar-refractivity contribution in [2.24, 2.45) is 5.92 Å². The molecule has 6 heterocycles. The number of aromatic nitrogens is 4. The number of likely N-dealkylation sites (N-methyl/N-ethyl adjacent to an activating group) is 1. The van der Waals surface area contributed by atoms with Crippen LogP contribution in [0.1, 0.15) is 114 Å². The molecule has 0 radical (unpaired) electrons. The van der Waals surface area contributed by atoms with Crippen LogP contribution in [0.4, 0.5) is 0 Å². The molecule has 0 saturated carbocycles.